The predicted molar refractivity (Wildman–Crippen MR) is 138 cm³/mol. The molecule has 0 aromatic heterocycles. The van der Waals surface area contributed by atoms with Crippen molar-refractivity contribution in [3.8, 4) is 0 Å². The summed E-state index contributed by atoms with van der Waals surface area (Å²) in [5.74, 6) is -0.142. The maximum absolute atomic E-state index is 14.0. The van der Waals surface area contributed by atoms with Crippen LogP contribution in [-0.2, 0) is 28.5 Å². The van der Waals surface area contributed by atoms with Crippen molar-refractivity contribution < 1.29 is 43.9 Å². The van der Waals surface area contributed by atoms with Gasteiger partial charge in [-0.1, -0.05) is 13.8 Å². The molecule has 0 aromatic rings. The van der Waals surface area contributed by atoms with Gasteiger partial charge in [0.2, 0.25) is 0 Å². The smallest absolute Gasteiger partial charge is 0.331 e. The second-order valence-electron chi connectivity index (χ2n) is 13.7. The Balaban J connectivity index is 1.19. The molecule has 13 atom stereocenters. The third kappa shape index (κ3) is 4.02. The molecule has 6 aliphatic rings. The summed E-state index contributed by atoms with van der Waals surface area (Å²) in [5, 5.41) is 33.4. The summed E-state index contributed by atoms with van der Waals surface area (Å²) in [4.78, 5) is 25.8. The summed E-state index contributed by atoms with van der Waals surface area (Å²) in [6, 6.07) is 0. The zero-order valence-corrected chi connectivity index (χ0v) is 23.5. The fraction of sp³-hybridized carbons (Fsp3) is 0.867. The number of hydrogen-bond donors (Lipinski definition) is 3. The van der Waals surface area contributed by atoms with Gasteiger partial charge in [-0.15, -0.1) is 0 Å². The van der Waals surface area contributed by atoms with E-state index in [9.17, 15) is 24.9 Å². The molecule has 0 bridgehead atoms. The zero-order chi connectivity index (χ0) is 27.9. The molecular formula is C30H44O9. The number of ether oxygens (including phenoxy) is 4. The highest BCUT2D eigenvalue weighted by molar-refractivity contribution is 5.86. The van der Waals surface area contributed by atoms with Gasteiger partial charge in [0.15, 0.2) is 6.29 Å². The molecule has 9 nitrogen and oxygen atoms in total. The number of cyclic esters (lactones) is 1. The number of carbonyl (C=O) groups is 2. The molecule has 4 aliphatic carbocycles. The summed E-state index contributed by atoms with van der Waals surface area (Å²) in [5.41, 5.74) is -0.851. The van der Waals surface area contributed by atoms with E-state index in [1.165, 1.54) is 7.11 Å². The van der Waals surface area contributed by atoms with Gasteiger partial charge < -0.3 is 34.3 Å². The van der Waals surface area contributed by atoms with Gasteiger partial charge in [0.05, 0.1) is 17.8 Å². The van der Waals surface area contributed by atoms with E-state index in [1.54, 1.807) is 13.0 Å². The number of rotatable bonds is 4. The van der Waals surface area contributed by atoms with Crippen molar-refractivity contribution >= 4 is 11.8 Å². The Hall–Kier alpha value is -1.36. The molecule has 5 unspecified atom stereocenters. The maximum Gasteiger partial charge on any atom is 0.331 e. The highest BCUT2D eigenvalue weighted by Crippen LogP contribution is 2.69. The van der Waals surface area contributed by atoms with E-state index in [4.69, 9.17) is 18.9 Å². The monoisotopic (exact) mass is 548 g/mol. The lowest BCUT2D eigenvalue weighted by Crippen LogP contribution is -2.65. The minimum atomic E-state index is -1.09. The Kier molecular flexibility index (Phi) is 6.84. The van der Waals surface area contributed by atoms with Crippen LogP contribution in [0.3, 0.4) is 0 Å². The minimum Gasteiger partial charge on any atom is -0.458 e. The first-order valence-corrected chi connectivity index (χ1v) is 14.7. The summed E-state index contributed by atoms with van der Waals surface area (Å²) in [7, 11) is 1.46. The molecule has 0 radical (unpaired) electrons. The lowest BCUT2D eigenvalue weighted by atomic mass is 9.43. The SMILES string of the molecule is COC1C(O)[C@H](O[C@@H]2CC[C@]3(C)C4C(=O)C[C@]5(C)[C@@H](C6=CC(=O)OC6)CC[C@]5(O)C4CC[C@@H]3C2)OC(C)[C@@H]1O. The lowest BCUT2D eigenvalue weighted by molar-refractivity contribution is -0.312. The van der Waals surface area contributed by atoms with Crippen molar-refractivity contribution in [2.45, 2.75) is 115 Å². The molecular weight excluding hydrogens is 504 g/mol. The maximum atomic E-state index is 14.0. The van der Waals surface area contributed by atoms with Crippen molar-refractivity contribution in [3.05, 3.63) is 11.6 Å². The van der Waals surface area contributed by atoms with E-state index >= 15 is 0 Å². The van der Waals surface area contributed by atoms with Crippen LogP contribution >= 0.6 is 0 Å². The van der Waals surface area contributed by atoms with Crippen LogP contribution < -0.4 is 0 Å². The zero-order valence-electron chi connectivity index (χ0n) is 23.5. The van der Waals surface area contributed by atoms with Crippen molar-refractivity contribution in [1.82, 2.24) is 0 Å². The molecule has 3 N–H and O–H groups in total. The predicted octanol–water partition coefficient (Wildman–Crippen LogP) is 2.29. The number of hydrogen-bond acceptors (Lipinski definition) is 9. The third-order valence-corrected chi connectivity index (χ3v) is 12.0. The van der Waals surface area contributed by atoms with Crippen LogP contribution in [0.2, 0.25) is 0 Å². The number of fused-ring (bicyclic) bond motifs is 5. The van der Waals surface area contributed by atoms with Crippen LogP contribution in [0, 0.1) is 34.5 Å². The van der Waals surface area contributed by atoms with Gasteiger partial charge in [-0.3, -0.25) is 4.79 Å². The molecule has 2 aliphatic heterocycles. The molecule has 218 valence electrons. The Morgan fingerprint density at radius 3 is 2.51 bits per heavy atom. The van der Waals surface area contributed by atoms with Crippen LogP contribution in [0.15, 0.2) is 11.6 Å². The van der Waals surface area contributed by atoms with Crippen LogP contribution in [0.5, 0.6) is 0 Å². The largest absolute Gasteiger partial charge is 0.458 e. The molecule has 0 amide bonds. The van der Waals surface area contributed by atoms with Crippen molar-refractivity contribution in [2.75, 3.05) is 13.7 Å². The molecule has 9 heteroatoms. The Labute approximate surface area is 230 Å². The molecule has 39 heavy (non-hydrogen) atoms. The molecule has 6 rings (SSSR count). The standard InChI is InChI=1S/C30H44O9/c1-15-24(33)26(36-4)25(34)27(38-15)39-18-7-9-28(2)17(12-18)5-6-20-23(28)21(31)13-29(3)19(8-10-30(20,29)35)16-11-22(32)37-14-16/h11,15,17-20,23-27,33-35H,5-10,12-14H2,1-4H3/t15?,17-,18-,19-,20?,23?,24+,25?,26?,27+,28+,29-,30+/m1/s1. The topological polar surface area (TPSA) is 132 Å². The van der Waals surface area contributed by atoms with E-state index in [1.807, 2.05) is 0 Å². The fourth-order valence-corrected chi connectivity index (χ4v) is 9.86. The molecule has 1 saturated heterocycles. The van der Waals surface area contributed by atoms with Crippen molar-refractivity contribution in [1.29, 1.82) is 0 Å². The lowest BCUT2D eigenvalue weighted by Gasteiger charge is -2.62. The number of esters is 1. The average Bonchev–Trinajstić information content (AvgIpc) is 3.42. The van der Waals surface area contributed by atoms with Gasteiger partial charge in [0.25, 0.3) is 0 Å². The number of methoxy groups -OCH3 is 1. The summed E-state index contributed by atoms with van der Waals surface area (Å²) in [6.07, 6.45) is 2.94. The highest BCUT2D eigenvalue weighted by Gasteiger charge is 2.70. The van der Waals surface area contributed by atoms with Gasteiger partial charge >= 0.3 is 5.97 Å². The van der Waals surface area contributed by atoms with Gasteiger partial charge in [-0.2, -0.15) is 0 Å². The first-order valence-electron chi connectivity index (χ1n) is 14.7. The first-order chi connectivity index (χ1) is 18.4. The van der Waals surface area contributed by atoms with Gasteiger partial charge in [-0.25, -0.2) is 4.79 Å². The quantitative estimate of drug-likeness (QED) is 0.358. The van der Waals surface area contributed by atoms with E-state index in [-0.39, 0.29) is 53.6 Å². The number of carbonyl (C=O) groups excluding carboxylic acids is 2. The van der Waals surface area contributed by atoms with Crippen molar-refractivity contribution in [2.24, 2.45) is 34.5 Å². The summed E-state index contributed by atoms with van der Waals surface area (Å²) >= 11 is 0. The Morgan fingerprint density at radius 2 is 1.82 bits per heavy atom. The molecule has 5 fully saturated rings. The number of Topliss-reactive ketones (excluding diaryl/α,β-unsaturated/α-hetero) is 1. The first kappa shape index (κ1) is 27.8. The molecule has 4 saturated carbocycles. The molecule has 0 aromatic carbocycles. The van der Waals surface area contributed by atoms with E-state index < -0.39 is 41.7 Å². The Morgan fingerprint density at radius 1 is 1.05 bits per heavy atom. The Bertz CT molecular complexity index is 1040. The van der Waals surface area contributed by atoms with Crippen LogP contribution in [0.25, 0.3) is 0 Å². The normalized spacial score (nSPS) is 53.5. The molecule has 2 heterocycles. The van der Waals surface area contributed by atoms with Crippen LogP contribution in [-0.4, -0.2) is 83.2 Å². The van der Waals surface area contributed by atoms with Gasteiger partial charge in [0, 0.05) is 30.9 Å². The van der Waals surface area contributed by atoms with Gasteiger partial charge in [0.1, 0.15) is 30.7 Å². The van der Waals surface area contributed by atoms with E-state index in [2.05, 4.69) is 13.8 Å². The second-order valence-corrected chi connectivity index (χ2v) is 13.7. The fourth-order valence-electron chi connectivity index (χ4n) is 9.86. The van der Waals surface area contributed by atoms with Crippen molar-refractivity contribution in [3.63, 3.8) is 0 Å². The summed E-state index contributed by atoms with van der Waals surface area (Å²) in [6.45, 7) is 6.30. The van der Waals surface area contributed by atoms with Gasteiger partial charge in [-0.05, 0) is 80.6 Å². The number of ketones is 1. The summed E-state index contributed by atoms with van der Waals surface area (Å²) < 4.78 is 22.6. The van der Waals surface area contributed by atoms with E-state index in [0.717, 1.165) is 44.1 Å². The molecule has 0 spiro atoms. The van der Waals surface area contributed by atoms with Crippen LogP contribution in [0.1, 0.15) is 72.1 Å². The highest BCUT2D eigenvalue weighted by atomic mass is 16.7. The van der Waals surface area contributed by atoms with Crippen LogP contribution in [0.4, 0.5) is 0 Å². The number of aliphatic hydroxyl groups is 3. The average molecular weight is 549 g/mol. The third-order valence-electron chi connectivity index (χ3n) is 12.0. The number of aliphatic hydroxyl groups excluding tert-OH is 2. The van der Waals surface area contributed by atoms with E-state index in [0.29, 0.717) is 12.8 Å². The minimum absolute atomic E-state index is 0.0210. The second kappa shape index (κ2) is 9.60.